The van der Waals surface area contributed by atoms with Gasteiger partial charge in [0.1, 0.15) is 13.2 Å². The fourth-order valence-corrected chi connectivity index (χ4v) is 9.52. The van der Waals surface area contributed by atoms with E-state index in [0.717, 1.165) is 128 Å². The molecule has 79 heavy (non-hydrogen) atoms. The lowest BCUT2D eigenvalue weighted by molar-refractivity contribution is -0.167. The van der Waals surface area contributed by atoms with Gasteiger partial charge in [-0.15, -0.1) is 0 Å². The summed E-state index contributed by atoms with van der Waals surface area (Å²) in [7, 11) is 0. The van der Waals surface area contributed by atoms with E-state index in [1.165, 1.54) is 161 Å². The van der Waals surface area contributed by atoms with Crippen LogP contribution < -0.4 is 0 Å². The lowest BCUT2D eigenvalue weighted by Gasteiger charge is -2.18. The Morgan fingerprint density at radius 1 is 0.266 bits per heavy atom. The molecule has 6 heteroatoms. The maximum Gasteiger partial charge on any atom is 0.306 e. The molecule has 6 nitrogen and oxygen atoms in total. The van der Waals surface area contributed by atoms with Gasteiger partial charge in [-0.2, -0.15) is 0 Å². The highest BCUT2D eigenvalue weighted by Gasteiger charge is 2.19. The van der Waals surface area contributed by atoms with E-state index in [1.807, 2.05) is 0 Å². The molecule has 0 amide bonds. The molecule has 0 N–H and O–H groups in total. The molecular formula is C73H126O6. The number of unbranched alkanes of at least 4 members (excludes halogenated alkanes) is 34. The summed E-state index contributed by atoms with van der Waals surface area (Å²) in [5.41, 5.74) is 0. The van der Waals surface area contributed by atoms with Crippen LogP contribution in [0, 0.1) is 0 Å². The van der Waals surface area contributed by atoms with Crippen molar-refractivity contribution < 1.29 is 28.6 Å². The van der Waals surface area contributed by atoms with Crippen LogP contribution in [0.2, 0.25) is 0 Å². The van der Waals surface area contributed by atoms with E-state index >= 15 is 0 Å². The van der Waals surface area contributed by atoms with Gasteiger partial charge >= 0.3 is 17.9 Å². The first-order valence-corrected chi connectivity index (χ1v) is 33.7. The number of esters is 3. The quantitative estimate of drug-likeness (QED) is 0.0261. The van der Waals surface area contributed by atoms with Gasteiger partial charge in [-0.05, 0) is 96.3 Å². The average Bonchev–Trinajstić information content (AvgIpc) is 3.45. The van der Waals surface area contributed by atoms with Crippen molar-refractivity contribution in [2.45, 2.75) is 335 Å². The van der Waals surface area contributed by atoms with Crippen molar-refractivity contribution in [3.05, 3.63) is 97.2 Å². The van der Waals surface area contributed by atoms with Gasteiger partial charge in [0, 0.05) is 19.3 Å². The van der Waals surface area contributed by atoms with E-state index in [1.54, 1.807) is 0 Å². The minimum Gasteiger partial charge on any atom is -0.462 e. The molecule has 0 aliphatic rings. The molecule has 0 spiro atoms. The molecule has 1 unspecified atom stereocenters. The molecule has 0 saturated heterocycles. The third-order valence-corrected chi connectivity index (χ3v) is 14.6. The molecule has 0 aromatic carbocycles. The summed E-state index contributed by atoms with van der Waals surface area (Å²) < 4.78 is 16.9. The molecule has 0 saturated carbocycles. The highest BCUT2D eigenvalue weighted by molar-refractivity contribution is 5.71. The summed E-state index contributed by atoms with van der Waals surface area (Å²) in [5.74, 6) is -0.901. The average molecular weight is 1100 g/mol. The summed E-state index contributed by atoms with van der Waals surface area (Å²) >= 11 is 0. The standard InChI is InChI=1S/C73H126O6/c1-4-7-10-13-16-19-22-24-26-28-30-32-34-35-36-37-39-40-42-44-46-48-51-54-57-60-63-66-72(75)78-69-70(68-77-71(74)65-62-59-56-53-50-21-18-15-12-9-6-3)79-73(76)67-64-61-58-55-52-49-47-45-43-41-38-33-31-29-27-25-23-20-17-14-11-8-5-2/h7,10,15-16,18-19,24,26,30,32,35-36,39-40,44,46,70H,4-6,8-9,11-14,17,20-23,25,27-29,31,33-34,37-38,41-43,45,47-69H2,1-3H3/b10-7-,18-15-,19-16-,26-24-,32-30-,36-35-,40-39-,46-44-. The van der Waals surface area contributed by atoms with E-state index in [2.05, 4.69) is 118 Å². The fourth-order valence-electron chi connectivity index (χ4n) is 9.52. The van der Waals surface area contributed by atoms with Gasteiger partial charge in [0.2, 0.25) is 0 Å². The molecule has 0 aliphatic heterocycles. The molecule has 0 radical (unpaired) electrons. The minimum absolute atomic E-state index is 0.0859. The number of hydrogen-bond acceptors (Lipinski definition) is 6. The number of carbonyl (C=O) groups is 3. The van der Waals surface area contributed by atoms with Crippen LogP contribution >= 0.6 is 0 Å². The molecular weight excluding hydrogens is 973 g/mol. The second-order valence-corrected chi connectivity index (χ2v) is 22.4. The van der Waals surface area contributed by atoms with E-state index in [4.69, 9.17) is 14.2 Å². The fraction of sp³-hybridized carbons (Fsp3) is 0.740. The van der Waals surface area contributed by atoms with Gasteiger partial charge in [-0.25, -0.2) is 0 Å². The Balaban J connectivity index is 4.30. The highest BCUT2D eigenvalue weighted by Crippen LogP contribution is 2.17. The van der Waals surface area contributed by atoms with Crippen LogP contribution in [0.15, 0.2) is 97.2 Å². The lowest BCUT2D eigenvalue weighted by atomic mass is 10.0. The summed E-state index contributed by atoms with van der Waals surface area (Å²) in [5, 5.41) is 0. The van der Waals surface area contributed by atoms with Crippen molar-refractivity contribution in [3.63, 3.8) is 0 Å². The van der Waals surface area contributed by atoms with Gasteiger partial charge in [-0.1, -0.05) is 311 Å². The molecule has 0 aliphatic carbocycles. The van der Waals surface area contributed by atoms with Crippen molar-refractivity contribution in [1.82, 2.24) is 0 Å². The molecule has 0 bridgehead atoms. The predicted octanol–water partition coefficient (Wildman–Crippen LogP) is 23.2. The lowest BCUT2D eigenvalue weighted by Crippen LogP contribution is -2.30. The monoisotopic (exact) mass is 1100 g/mol. The number of carbonyl (C=O) groups excluding carboxylic acids is 3. The van der Waals surface area contributed by atoms with Gasteiger partial charge in [0.15, 0.2) is 6.10 Å². The largest absolute Gasteiger partial charge is 0.462 e. The Labute approximate surface area is 489 Å². The van der Waals surface area contributed by atoms with E-state index < -0.39 is 6.10 Å². The zero-order chi connectivity index (χ0) is 57.1. The summed E-state index contributed by atoms with van der Waals surface area (Å²) in [6.45, 7) is 6.50. The van der Waals surface area contributed by atoms with Crippen molar-refractivity contribution >= 4 is 17.9 Å². The Morgan fingerprint density at radius 2 is 0.506 bits per heavy atom. The maximum atomic E-state index is 12.9. The topological polar surface area (TPSA) is 78.9 Å². The number of hydrogen-bond donors (Lipinski definition) is 0. The molecule has 0 fully saturated rings. The summed E-state index contributed by atoms with van der Waals surface area (Å²) in [4.78, 5) is 38.3. The van der Waals surface area contributed by atoms with Crippen LogP contribution in [0.4, 0.5) is 0 Å². The SMILES string of the molecule is CC/C=C\C/C=C\C/C=C\C/C=C\C/C=C\C/C=C\C/C=C\CCCCCCCC(=O)OCC(COC(=O)CCCCCCC/C=C\CCCC)OC(=O)CCCCCCCCCCCCCCCCCCCCCCCCC. The Kier molecular flexibility index (Phi) is 63.7. The van der Waals surface area contributed by atoms with E-state index in [-0.39, 0.29) is 31.1 Å². The first-order valence-electron chi connectivity index (χ1n) is 33.7. The van der Waals surface area contributed by atoms with Gasteiger partial charge in [0.25, 0.3) is 0 Å². The van der Waals surface area contributed by atoms with E-state index in [9.17, 15) is 14.4 Å². The normalized spacial score (nSPS) is 12.7. The molecule has 454 valence electrons. The summed E-state index contributed by atoms with van der Waals surface area (Å²) in [6.07, 6.45) is 90.0. The number of allylic oxidation sites excluding steroid dienone is 16. The maximum absolute atomic E-state index is 12.9. The Morgan fingerprint density at radius 3 is 0.823 bits per heavy atom. The van der Waals surface area contributed by atoms with Crippen LogP contribution in [0.3, 0.4) is 0 Å². The Hall–Kier alpha value is -3.67. The van der Waals surface area contributed by atoms with Crippen LogP contribution in [0.25, 0.3) is 0 Å². The second-order valence-electron chi connectivity index (χ2n) is 22.4. The zero-order valence-corrected chi connectivity index (χ0v) is 52.1. The van der Waals surface area contributed by atoms with Crippen LogP contribution in [-0.2, 0) is 28.6 Å². The number of rotatable bonds is 61. The predicted molar refractivity (Wildman–Crippen MR) is 344 cm³/mol. The summed E-state index contributed by atoms with van der Waals surface area (Å²) in [6, 6.07) is 0. The van der Waals surface area contributed by atoms with Crippen LogP contribution in [0.1, 0.15) is 329 Å². The van der Waals surface area contributed by atoms with Crippen molar-refractivity contribution in [3.8, 4) is 0 Å². The smallest absolute Gasteiger partial charge is 0.306 e. The number of ether oxygens (including phenoxy) is 3. The van der Waals surface area contributed by atoms with Crippen LogP contribution in [-0.4, -0.2) is 37.2 Å². The van der Waals surface area contributed by atoms with Gasteiger partial charge in [-0.3, -0.25) is 14.4 Å². The molecule has 1 atom stereocenters. The van der Waals surface area contributed by atoms with Crippen LogP contribution in [0.5, 0.6) is 0 Å². The van der Waals surface area contributed by atoms with Crippen molar-refractivity contribution in [1.29, 1.82) is 0 Å². The highest BCUT2D eigenvalue weighted by atomic mass is 16.6. The molecule has 0 aromatic heterocycles. The molecule has 0 aromatic rings. The van der Waals surface area contributed by atoms with E-state index in [0.29, 0.717) is 19.3 Å². The second kappa shape index (κ2) is 66.8. The van der Waals surface area contributed by atoms with Gasteiger partial charge < -0.3 is 14.2 Å². The first-order chi connectivity index (χ1) is 39.0. The molecule has 0 rings (SSSR count). The van der Waals surface area contributed by atoms with Crippen molar-refractivity contribution in [2.75, 3.05) is 13.2 Å². The zero-order valence-electron chi connectivity index (χ0n) is 52.1. The Bertz CT molecular complexity index is 1540. The van der Waals surface area contributed by atoms with Crippen molar-refractivity contribution in [2.24, 2.45) is 0 Å². The minimum atomic E-state index is -0.789. The van der Waals surface area contributed by atoms with Gasteiger partial charge in [0.05, 0.1) is 0 Å². The first kappa shape index (κ1) is 75.3. The third kappa shape index (κ3) is 65.0. The molecule has 0 heterocycles. The third-order valence-electron chi connectivity index (χ3n) is 14.6.